The molecule has 0 N–H and O–H groups in total. The third-order valence-electron chi connectivity index (χ3n) is 1.69. The van der Waals surface area contributed by atoms with Gasteiger partial charge in [0.2, 0.25) is 5.89 Å². The van der Waals surface area contributed by atoms with Crippen LogP contribution in [0, 0.1) is 0 Å². The zero-order valence-electron chi connectivity index (χ0n) is 9.56. The summed E-state index contributed by atoms with van der Waals surface area (Å²) < 4.78 is 14.9. The quantitative estimate of drug-likeness (QED) is 0.514. The van der Waals surface area contributed by atoms with E-state index in [1.807, 2.05) is 6.92 Å². The lowest BCUT2D eigenvalue weighted by Crippen LogP contribution is -2.07. The summed E-state index contributed by atoms with van der Waals surface area (Å²) in [5.41, 5.74) is 0. The Labute approximate surface area is 93.9 Å². The van der Waals surface area contributed by atoms with Crippen molar-refractivity contribution in [2.24, 2.45) is 0 Å². The topological polar surface area (TPSA) is 74.5 Å². The highest BCUT2D eigenvalue weighted by Crippen LogP contribution is 2.01. The molecule has 0 spiro atoms. The molecule has 6 nitrogen and oxygen atoms in total. The third-order valence-corrected chi connectivity index (χ3v) is 1.69. The molecular weight excluding hydrogens is 212 g/mol. The average Bonchev–Trinajstić information content (AvgIpc) is 2.66. The van der Waals surface area contributed by atoms with Crippen molar-refractivity contribution in [1.29, 1.82) is 0 Å². The zero-order chi connectivity index (χ0) is 11.8. The standard InChI is InChI=1S/C10H16N2O4/c1-3-5-14-7-8-11-9(16-12-8)6-10(13)15-4-2/h3-7H2,1-2H3. The van der Waals surface area contributed by atoms with Crippen molar-refractivity contribution in [1.82, 2.24) is 10.1 Å². The lowest BCUT2D eigenvalue weighted by Gasteiger charge is -1.96. The number of carbonyl (C=O) groups excluding carboxylic acids is 1. The second-order valence-electron chi connectivity index (χ2n) is 3.14. The fourth-order valence-corrected chi connectivity index (χ4v) is 1.06. The van der Waals surface area contributed by atoms with Crippen LogP contribution in [0.1, 0.15) is 32.0 Å². The highest BCUT2D eigenvalue weighted by Gasteiger charge is 2.11. The van der Waals surface area contributed by atoms with Crippen LogP contribution in [-0.2, 0) is 27.3 Å². The number of hydrogen-bond acceptors (Lipinski definition) is 6. The second kappa shape index (κ2) is 6.95. The number of hydrogen-bond donors (Lipinski definition) is 0. The SMILES string of the molecule is CCCOCc1noc(CC(=O)OCC)n1. The lowest BCUT2D eigenvalue weighted by molar-refractivity contribution is -0.142. The van der Waals surface area contributed by atoms with Gasteiger partial charge in [-0.05, 0) is 13.3 Å². The van der Waals surface area contributed by atoms with Crippen molar-refractivity contribution in [3.63, 3.8) is 0 Å². The monoisotopic (exact) mass is 228 g/mol. The molecule has 0 atom stereocenters. The van der Waals surface area contributed by atoms with Gasteiger partial charge in [0.05, 0.1) is 6.61 Å². The summed E-state index contributed by atoms with van der Waals surface area (Å²) in [4.78, 5) is 15.1. The minimum absolute atomic E-state index is 0.00855. The largest absolute Gasteiger partial charge is 0.466 e. The Morgan fingerprint density at radius 3 is 2.94 bits per heavy atom. The Balaban J connectivity index is 2.36. The van der Waals surface area contributed by atoms with Gasteiger partial charge in [0.1, 0.15) is 13.0 Å². The molecular formula is C10H16N2O4. The number of ether oxygens (including phenoxy) is 2. The highest BCUT2D eigenvalue weighted by molar-refractivity contribution is 5.71. The van der Waals surface area contributed by atoms with Gasteiger partial charge in [-0.2, -0.15) is 4.98 Å². The van der Waals surface area contributed by atoms with Crippen LogP contribution < -0.4 is 0 Å². The first-order valence-electron chi connectivity index (χ1n) is 5.31. The normalized spacial score (nSPS) is 10.4. The maximum atomic E-state index is 11.1. The number of nitrogens with zero attached hydrogens (tertiary/aromatic N) is 2. The van der Waals surface area contributed by atoms with Crippen molar-refractivity contribution in [3.05, 3.63) is 11.7 Å². The van der Waals surface area contributed by atoms with Crippen LogP contribution in [0.5, 0.6) is 0 Å². The lowest BCUT2D eigenvalue weighted by atomic mass is 10.4. The number of carbonyl (C=O) groups is 1. The van der Waals surface area contributed by atoms with Crippen molar-refractivity contribution < 1.29 is 18.8 Å². The predicted octanol–water partition coefficient (Wildman–Crippen LogP) is 1.10. The summed E-state index contributed by atoms with van der Waals surface area (Å²) >= 11 is 0. The molecule has 0 aromatic carbocycles. The van der Waals surface area contributed by atoms with Crippen molar-refractivity contribution in [2.45, 2.75) is 33.3 Å². The first kappa shape index (κ1) is 12.6. The number of esters is 1. The maximum absolute atomic E-state index is 11.1. The molecule has 0 amide bonds. The fourth-order valence-electron chi connectivity index (χ4n) is 1.06. The van der Waals surface area contributed by atoms with E-state index < -0.39 is 0 Å². The van der Waals surface area contributed by atoms with Crippen molar-refractivity contribution in [2.75, 3.05) is 13.2 Å². The molecule has 0 aliphatic rings. The molecule has 0 unspecified atom stereocenters. The molecule has 0 radical (unpaired) electrons. The van der Waals surface area contributed by atoms with Gasteiger partial charge in [-0.15, -0.1) is 0 Å². The van der Waals surface area contributed by atoms with Gasteiger partial charge in [0.25, 0.3) is 0 Å². The number of rotatable bonds is 7. The zero-order valence-corrected chi connectivity index (χ0v) is 9.56. The van der Waals surface area contributed by atoms with E-state index in [2.05, 4.69) is 10.1 Å². The molecule has 1 rings (SSSR count). The average molecular weight is 228 g/mol. The Morgan fingerprint density at radius 2 is 2.25 bits per heavy atom. The number of aromatic nitrogens is 2. The molecule has 1 aromatic heterocycles. The van der Waals surface area contributed by atoms with E-state index in [4.69, 9.17) is 14.0 Å². The van der Waals surface area contributed by atoms with Gasteiger partial charge in [-0.3, -0.25) is 4.79 Å². The Morgan fingerprint density at radius 1 is 1.44 bits per heavy atom. The van der Waals surface area contributed by atoms with Crippen molar-refractivity contribution in [3.8, 4) is 0 Å². The van der Waals surface area contributed by atoms with E-state index >= 15 is 0 Å². The van der Waals surface area contributed by atoms with Crippen LogP contribution in [0.15, 0.2) is 4.52 Å². The molecule has 16 heavy (non-hydrogen) atoms. The van der Waals surface area contributed by atoms with E-state index in [0.29, 0.717) is 25.6 Å². The van der Waals surface area contributed by atoms with Crippen molar-refractivity contribution >= 4 is 5.97 Å². The molecule has 6 heteroatoms. The molecule has 0 bridgehead atoms. The molecule has 1 aromatic rings. The second-order valence-corrected chi connectivity index (χ2v) is 3.14. The first-order valence-corrected chi connectivity index (χ1v) is 5.31. The van der Waals surface area contributed by atoms with Gasteiger partial charge in [0.15, 0.2) is 5.82 Å². The van der Waals surface area contributed by atoms with E-state index in [1.165, 1.54) is 0 Å². The Kier molecular flexibility index (Phi) is 5.49. The molecule has 90 valence electrons. The van der Waals surface area contributed by atoms with Gasteiger partial charge >= 0.3 is 5.97 Å². The first-order chi connectivity index (χ1) is 7.76. The van der Waals surface area contributed by atoms with E-state index in [0.717, 1.165) is 6.42 Å². The van der Waals surface area contributed by atoms with E-state index in [1.54, 1.807) is 6.92 Å². The predicted molar refractivity (Wildman–Crippen MR) is 54.6 cm³/mol. The van der Waals surface area contributed by atoms with Crippen LogP contribution >= 0.6 is 0 Å². The van der Waals surface area contributed by atoms with Crippen LogP contribution in [0.25, 0.3) is 0 Å². The fraction of sp³-hybridized carbons (Fsp3) is 0.700. The maximum Gasteiger partial charge on any atom is 0.315 e. The van der Waals surface area contributed by atoms with E-state index in [-0.39, 0.29) is 18.3 Å². The summed E-state index contributed by atoms with van der Waals surface area (Å²) in [5.74, 6) is 0.341. The van der Waals surface area contributed by atoms with Gasteiger partial charge in [0, 0.05) is 6.61 Å². The van der Waals surface area contributed by atoms with Crippen LogP contribution in [0.4, 0.5) is 0 Å². The minimum atomic E-state index is -0.368. The van der Waals surface area contributed by atoms with Crippen LogP contribution in [0.2, 0.25) is 0 Å². The summed E-state index contributed by atoms with van der Waals surface area (Å²) in [6.45, 7) is 5.07. The minimum Gasteiger partial charge on any atom is -0.466 e. The molecule has 1 heterocycles. The molecule has 0 aliphatic heterocycles. The smallest absolute Gasteiger partial charge is 0.315 e. The molecule has 0 saturated heterocycles. The van der Waals surface area contributed by atoms with Gasteiger partial charge in [-0.1, -0.05) is 12.1 Å². The summed E-state index contributed by atoms with van der Waals surface area (Å²) in [5, 5.41) is 3.68. The van der Waals surface area contributed by atoms with Gasteiger partial charge < -0.3 is 14.0 Å². The summed E-state index contributed by atoms with van der Waals surface area (Å²) in [6.07, 6.45) is 0.947. The molecule has 0 fully saturated rings. The summed E-state index contributed by atoms with van der Waals surface area (Å²) in [6, 6.07) is 0. The summed E-state index contributed by atoms with van der Waals surface area (Å²) in [7, 11) is 0. The third kappa shape index (κ3) is 4.39. The molecule has 0 saturated carbocycles. The van der Waals surface area contributed by atoms with E-state index in [9.17, 15) is 4.79 Å². The Bertz CT molecular complexity index is 324. The molecule has 0 aliphatic carbocycles. The Hall–Kier alpha value is -1.43. The van der Waals surface area contributed by atoms with Gasteiger partial charge in [-0.25, -0.2) is 0 Å². The highest BCUT2D eigenvalue weighted by atomic mass is 16.5. The van der Waals surface area contributed by atoms with Crippen LogP contribution in [-0.4, -0.2) is 29.3 Å². The van der Waals surface area contributed by atoms with Crippen LogP contribution in [0.3, 0.4) is 0 Å².